The summed E-state index contributed by atoms with van der Waals surface area (Å²) < 4.78 is 5.69. The van der Waals surface area contributed by atoms with Crippen LogP contribution < -0.4 is 5.32 Å². The Balaban J connectivity index is 1.66. The van der Waals surface area contributed by atoms with E-state index in [0.29, 0.717) is 6.54 Å². The van der Waals surface area contributed by atoms with Crippen molar-refractivity contribution in [2.24, 2.45) is 4.99 Å². The number of rotatable bonds is 7. The van der Waals surface area contributed by atoms with E-state index in [1.807, 2.05) is 7.05 Å². The van der Waals surface area contributed by atoms with Crippen LogP contribution in [0.4, 0.5) is 5.69 Å². The maximum absolute atomic E-state index is 10.8. The highest BCUT2D eigenvalue weighted by Gasteiger charge is 2.17. The van der Waals surface area contributed by atoms with Crippen molar-refractivity contribution < 1.29 is 9.66 Å². The Labute approximate surface area is 162 Å². The third-order valence-corrected chi connectivity index (χ3v) is 5.16. The predicted molar refractivity (Wildman–Crippen MR) is 107 cm³/mol. The van der Waals surface area contributed by atoms with Gasteiger partial charge in [0.15, 0.2) is 5.96 Å². The Hall–Kier alpha value is -2.45. The van der Waals surface area contributed by atoms with Crippen molar-refractivity contribution in [2.45, 2.75) is 32.0 Å². The third-order valence-electron chi connectivity index (χ3n) is 4.43. The molecule has 1 N–H and O–H groups in total. The molecule has 1 fully saturated rings. The number of aliphatic imine (C=N–C) groups is 1. The van der Waals surface area contributed by atoms with Gasteiger partial charge in [0.1, 0.15) is 0 Å². The van der Waals surface area contributed by atoms with E-state index >= 15 is 0 Å². The first-order valence-corrected chi connectivity index (χ1v) is 9.91. The second-order valence-electron chi connectivity index (χ2n) is 6.57. The van der Waals surface area contributed by atoms with Crippen LogP contribution in [0.25, 0.3) is 0 Å². The Morgan fingerprint density at radius 1 is 1.37 bits per heavy atom. The summed E-state index contributed by atoms with van der Waals surface area (Å²) in [5.41, 5.74) is 2.26. The van der Waals surface area contributed by atoms with Crippen LogP contribution in [-0.4, -0.2) is 42.1 Å². The summed E-state index contributed by atoms with van der Waals surface area (Å²) >= 11 is 1.68. The molecule has 1 saturated heterocycles. The van der Waals surface area contributed by atoms with Crippen molar-refractivity contribution in [1.29, 1.82) is 0 Å². The number of hydrogen-bond donors (Lipinski definition) is 1. The van der Waals surface area contributed by atoms with Gasteiger partial charge in [-0.1, -0.05) is 12.1 Å². The molecule has 1 aliphatic heterocycles. The summed E-state index contributed by atoms with van der Waals surface area (Å²) in [6.45, 7) is 2.78. The summed E-state index contributed by atoms with van der Waals surface area (Å²) in [5.74, 6) is 0.801. The highest BCUT2D eigenvalue weighted by Crippen LogP contribution is 2.14. The molecule has 1 unspecified atom stereocenters. The lowest BCUT2D eigenvalue weighted by molar-refractivity contribution is -0.384. The van der Waals surface area contributed by atoms with Gasteiger partial charge in [0.05, 0.1) is 17.6 Å². The summed E-state index contributed by atoms with van der Waals surface area (Å²) in [6.07, 6.45) is 2.40. The number of benzene rings is 1. The largest absolute Gasteiger partial charge is 0.376 e. The van der Waals surface area contributed by atoms with Crippen LogP contribution in [0.15, 0.2) is 46.1 Å². The Morgan fingerprint density at radius 2 is 2.19 bits per heavy atom. The number of nitro benzene ring substituents is 1. The minimum Gasteiger partial charge on any atom is -0.376 e. The molecule has 0 amide bonds. The average Bonchev–Trinajstić information content (AvgIpc) is 3.36. The van der Waals surface area contributed by atoms with Crippen molar-refractivity contribution in [2.75, 3.05) is 20.2 Å². The smallest absolute Gasteiger partial charge is 0.269 e. The minimum atomic E-state index is -0.393. The molecule has 0 saturated carbocycles. The van der Waals surface area contributed by atoms with Gasteiger partial charge >= 0.3 is 0 Å². The molecule has 27 heavy (non-hydrogen) atoms. The van der Waals surface area contributed by atoms with E-state index in [0.717, 1.165) is 44.1 Å². The summed E-state index contributed by atoms with van der Waals surface area (Å²) in [6, 6.07) is 8.63. The van der Waals surface area contributed by atoms with Gasteiger partial charge in [0.25, 0.3) is 5.69 Å². The number of nitrogens with zero attached hydrogens (tertiary/aromatic N) is 3. The van der Waals surface area contributed by atoms with E-state index in [1.165, 1.54) is 17.7 Å². The lowest BCUT2D eigenvalue weighted by Gasteiger charge is -2.23. The molecule has 0 aliphatic carbocycles. The van der Waals surface area contributed by atoms with Gasteiger partial charge in [0, 0.05) is 38.9 Å². The fraction of sp³-hybridized carbons (Fsp3) is 0.421. The van der Waals surface area contributed by atoms with Crippen LogP contribution in [0, 0.1) is 10.1 Å². The van der Waals surface area contributed by atoms with E-state index in [2.05, 4.69) is 27.0 Å². The topological polar surface area (TPSA) is 80.0 Å². The molecule has 1 aromatic carbocycles. The number of non-ortho nitro benzene ring substituents is 1. The first-order valence-electron chi connectivity index (χ1n) is 8.97. The lowest BCUT2D eigenvalue weighted by Crippen LogP contribution is -2.41. The molecular formula is C19H24N4O3S. The molecule has 144 valence electrons. The number of nitrogens with one attached hydrogen (secondary N) is 1. The maximum atomic E-state index is 10.8. The van der Waals surface area contributed by atoms with Crippen molar-refractivity contribution in [3.63, 3.8) is 0 Å². The van der Waals surface area contributed by atoms with Gasteiger partial charge in [-0.15, -0.1) is 0 Å². The summed E-state index contributed by atoms with van der Waals surface area (Å²) in [4.78, 5) is 17.2. The number of nitro groups is 1. The molecule has 0 spiro atoms. The molecule has 0 bridgehead atoms. The number of thiophene rings is 1. The molecule has 1 aromatic heterocycles. The summed E-state index contributed by atoms with van der Waals surface area (Å²) in [5, 5.41) is 18.4. The highest BCUT2D eigenvalue weighted by molar-refractivity contribution is 7.07. The van der Waals surface area contributed by atoms with Gasteiger partial charge in [-0.2, -0.15) is 11.3 Å². The maximum Gasteiger partial charge on any atom is 0.269 e. The fourth-order valence-corrected chi connectivity index (χ4v) is 3.60. The zero-order valence-corrected chi connectivity index (χ0v) is 16.2. The zero-order chi connectivity index (χ0) is 19.1. The minimum absolute atomic E-state index is 0.0917. The second kappa shape index (κ2) is 9.48. The van der Waals surface area contributed by atoms with E-state index in [-0.39, 0.29) is 11.8 Å². The zero-order valence-electron chi connectivity index (χ0n) is 15.3. The van der Waals surface area contributed by atoms with E-state index in [4.69, 9.17) is 9.73 Å². The van der Waals surface area contributed by atoms with Crippen LogP contribution in [0.2, 0.25) is 0 Å². The molecule has 1 aliphatic rings. The number of guanidine groups is 1. The van der Waals surface area contributed by atoms with Crippen molar-refractivity contribution in [1.82, 2.24) is 10.2 Å². The van der Waals surface area contributed by atoms with Gasteiger partial charge in [-0.3, -0.25) is 10.1 Å². The quantitative estimate of drug-likeness (QED) is 0.340. The fourth-order valence-electron chi connectivity index (χ4n) is 2.94. The van der Waals surface area contributed by atoms with Gasteiger partial charge < -0.3 is 15.0 Å². The Kier molecular flexibility index (Phi) is 6.78. The third kappa shape index (κ3) is 5.77. The first kappa shape index (κ1) is 19.3. The predicted octanol–water partition coefficient (Wildman–Crippen LogP) is 3.41. The van der Waals surface area contributed by atoms with E-state index in [1.54, 1.807) is 23.5 Å². The number of ether oxygens (including phenoxy) is 1. The van der Waals surface area contributed by atoms with Crippen molar-refractivity contribution >= 4 is 23.0 Å². The molecular weight excluding hydrogens is 364 g/mol. The van der Waals surface area contributed by atoms with Crippen LogP contribution in [-0.2, 0) is 17.8 Å². The Bertz CT molecular complexity index is 756. The second-order valence-corrected chi connectivity index (χ2v) is 7.35. The van der Waals surface area contributed by atoms with Crippen LogP contribution >= 0.6 is 11.3 Å². The molecule has 0 radical (unpaired) electrons. The average molecular weight is 388 g/mol. The standard InChI is InChI=1S/C19H24N4O3S/c1-22(13-16-8-10-27-14-16)19(21-12-18-3-2-9-26-18)20-11-15-4-6-17(7-5-15)23(24)25/h4-8,10,14,18H,2-3,9,11-13H2,1H3,(H,20,21). The first-order chi connectivity index (χ1) is 13.1. The molecule has 2 heterocycles. The molecule has 1 atom stereocenters. The Morgan fingerprint density at radius 3 is 2.81 bits per heavy atom. The van der Waals surface area contributed by atoms with Crippen molar-refractivity contribution in [3.8, 4) is 0 Å². The van der Waals surface area contributed by atoms with Gasteiger partial charge in [-0.05, 0) is 40.8 Å². The molecule has 3 rings (SSSR count). The van der Waals surface area contributed by atoms with Gasteiger partial charge in [-0.25, -0.2) is 4.99 Å². The van der Waals surface area contributed by atoms with Crippen LogP contribution in [0.5, 0.6) is 0 Å². The SMILES string of the molecule is CN(Cc1ccsc1)C(=NCc1ccc([N+](=O)[O-])cc1)NCC1CCCO1. The lowest BCUT2D eigenvalue weighted by atomic mass is 10.2. The monoisotopic (exact) mass is 388 g/mol. The van der Waals surface area contributed by atoms with Crippen LogP contribution in [0.3, 0.4) is 0 Å². The van der Waals surface area contributed by atoms with Crippen LogP contribution in [0.1, 0.15) is 24.0 Å². The van der Waals surface area contributed by atoms with Gasteiger partial charge in [0.2, 0.25) is 0 Å². The van der Waals surface area contributed by atoms with E-state index < -0.39 is 4.92 Å². The molecule has 2 aromatic rings. The molecule has 7 nitrogen and oxygen atoms in total. The highest BCUT2D eigenvalue weighted by atomic mass is 32.1. The summed E-state index contributed by atoms with van der Waals surface area (Å²) in [7, 11) is 2.01. The van der Waals surface area contributed by atoms with Crippen molar-refractivity contribution in [3.05, 3.63) is 62.3 Å². The molecule has 8 heteroatoms. The normalized spacial score (nSPS) is 17.1. The number of hydrogen-bond acceptors (Lipinski definition) is 5. The van der Waals surface area contributed by atoms with E-state index in [9.17, 15) is 10.1 Å².